The average Bonchev–Trinajstić information content (AvgIpc) is 2.84. The molecule has 1 N–H and O–H groups in total. The first kappa shape index (κ1) is 14.7. The van der Waals surface area contributed by atoms with Gasteiger partial charge in [0, 0.05) is 22.3 Å². The Morgan fingerprint density at radius 3 is 2.86 bits per heavy atom. The first-order chi connectivity index (χ1) is 10.5. The molecule has 2 aromatic heterocycles. The molecule has 0 saturated heterocycles. The fourth-order valence-electron chi connectivity index (χ4n) is 2.55. The molecule has 2 heterocycles. The number of nitrogens with zero attached hydrogens (tertiary/aromatic N) is 2. The van der Waals surface area contributed by atoms with E-state index >= 15 is 0 Å². The van der Waals surface area contributed by atoms with Gasteiger partial charge < -0.3 is 9.67 Å². The van der Waals surface area contributed by atoms with Crippen molar-refractivity contribution in [1.82, 2.24) is 9.55 Å². The lowest BCUT2D eigenvalue weighted by Gasteiger charge is -2.09. The van der Waals surface area contributed by atoms with Crippen LogP contribution in [0.15, 0.2) is 41.3 Å². The molecule has 0 aliphatic carbocycles. The van der Waals surface area contributed by atoms with Gasteiger partial charge in [-0.15, -0.1) is 0 Å². The van der Waals surface area contributed by atoms with Crippen molar-refractivity contribution in [3.63, 3.8) is 0 Å². The summed E-state index contributed by atoms with van der Waals surface area (Å²) >= 11 is 3.51. The van der Waals surface area contributed by atoms with Gasteiger partial charge in [-0.3, -0.25) is 4.98 Å². The molecule has 112 valence electrons. The molecular formula is C16H12BrFN2O2. The van der Waals surface area contributed by atoms with Crippen molar-refractivity contribution in [2.75, 3.05) is 0 Å². The van der Waals surface area contributed by atoms with Crippen LogP contribution in [0.4, 0.5) is 4.39 Å². The molecule has 0 fully saturated rings. The standard InChI is InChI=1S/C16H12BrFN2O2/c1-2-9-6-19-7-14-15(9)12(17)8-20(14)13-4-3-10(18)5-11(13)16(21)22/h3-8H,2H2,1H3,(H,21,22). The van der Waals surface area contributed by atoms with Gasteiger partial charge in [0.2, 0.25) is 0 Å². The fraction of sp³-hybridized carbons (Fsp3) is 0.125. The van der Waals surface area contributed by atoms with Gasteiger partial charge >= 0.3 is 5.97 Å². The minimum absolute atomic E-state index is 0.0914. The highest BCUT2D eigenvalue weighted by Gasteiger charge is 2.17. The molecule has 0 aliphatic heterocycles. The number of carbonyl (C=O) groups is 1. The van der Waals surface area contributed by atoms with Crippen molar-refractivity contribution in [1.29, 1.82) is 0 Å². The van der Waals surface area contributed by atoms with E-state index in [-0.39, 0.29) is 5.56 Å². The Balaban J connectivity index is 2.35. The molecule has 0 amide bonds. The van der Waals surface area contributed by atoms with Crippen LogP contribution in [0.1, 0.15) is 22.8 Å². The minimum Gasteiger partial charge on any atom is -0.478 e. The SMILES string of the molecule is CCc1cncc2c1c(Br)cn2-c1ccc(F)cc1C(=O)O. The molecule has 6 heteroatoms. The van der Waals surface area contributed by atoms with Gasteiger partial charge in [-0.25, -0.2) is 9.18 Å². The lowest BCUT2D eigenvalue weighted by atomic mass is 10.1. The number of halogens is 2. The summed E-state index contributed by atoms with van der Waals surface area (Å²) in [5, 5.41) is 10.3. The van der Waals surface area contributed by atoms with Gasteiger partial charge in [0.15, 0.2) is 0 Å². The minimum atomic E-state index is -1.17. The van der Waals surface area contributed by atoms with E-state index in [1.54, 1.807) is 23.2 Å². The van der Waals surface area contributed by atoms with Crippen molar-refractivity contribution in [2.45, 2.75) is 13.3 Å². The van der Waals surface area contributed by atoms with Gasteiger partial charge in [-0.2, -0.15) is 0 Å². The second kappa shape index (κ2) is 5.53. The normalized spacial score (nSPS) is 11.0. The second-order valence-corrected chi connectivity index (χ2v) is 5.71. The van der Waals surface area contributed by atoms with Crippen molar-refractivity contribution >= 4 is 32.8 Å². The van der Waals surface area contributed by atoms with E-state index in [0.29, 0.717) is 5.69 Å². The average molecular weight is 363 g/mol. The Morgan fingerprint density at radius 1 is 1.41 bits per heavy atom. The maximum Gasteiger partial charge on any atom is 0.337 e. The Morgan fingerprint density at radius 2 is 2.18 bits per heavy atom. The van der Waals surface area contributed by atoms with E-state index in [9.17, 15) is 14.3 Å². The van der Waals surface area contributed by atoms with Gasteiger partial charge in [-0.05, 0) is 46.1 Å². The number of pyridine rings is 1. The zero-order valence-corrected chi connectivity index (χ0v) is 13.3. The molecule has 1 aromatic carbocycles. The summed E-state index contributed by atoms with van der Waals surface area (Å²) in [6, 6.07) is 3.73. The van der Waals surface area contributed by atoms with E-state index in [0.717, 1.165) is 33.4 Å². The lowest BCUT2D eigenvalue weighted by molar-refractivity contribution is 0.0696. The predicted molar refractivity (Wildman–Crippen MR) is 85.1 cm³/mol. The molecule has 0 bridgehead atoms. The Kier molecular flexibility index (Phi) is 3.70. The molecule has 0 spiro atoms. The van der Waals surface area contributed by atoms with Gasteiger partial charge in [-0.1, -0.05) is 6.92 Å². The summed E-state index contributed by atoms with van der Waals surface area (Å²) in [6.07, 6.45) is 6.06. The molecule has 4 nitrogen and oxygen atoms in total. The fourth-order valence-corrected chi connectivity index (χ4v) is 3.22. The third-order valence-corrected chi connectivity index (χ3v) is 4.18. The van der Waals surface area contributed by atoms with Crippen LogP contribution in [0.2, 0.25) is 0 Å². The number of carboxylic acids is 1. The quantitative estimate of drug-likeness (QED) is 0.759. The van der Waals surface area contributed by atoms with Crippen LogP contribution in [0.5, 0.6) is 0 Å². The number of benzene rings is 1. The van der Waals surface area contributed by atoms with Crippen LogP contribution in [-0.4, -0.2) is 20.6 Å². The number of fused-ring (bicyclic) bond motifs is 1. The number of hydrogen-bond acceptors (Lipinski definition) is 2. The van der Waals surface area contributed by atoms with E-state index in [4.69, 9.17) is 0 Å². The first-order valence-corrected chi connectivity index (χ1v) is 7.49. The Labute approximate surface area is 134 Å². The third kappa shape index (κ3) is 2.29. The number of hydrogen-bond donors (Lipinski definition) is 1. The maximum absolute atomic E-state index is 13.4. The van der Waals surface area contributed by atoms with E-state index in [1.807, 2.05) is 6.92 Å². The van der Waals surface area contributed by atoms with Crippen LogP contribution < -0.4 is 0 Å². The summed E-state index contributed by atoms with van der Waals surface area (Å²) in [4.78, 5) is 15.6. The summed E-state index contributed by atoms with van der Waals surface area (Å²) < 4.78 is 15.9. The molecule has 3 aromatic rings. The molecule has 0 aliphatic rings. The van der Waals surface area contributed by atoms with Crippen molar-refractivity contribution in [2.24, 2.45) is 0 Å². The largest absolute Gasteiger partial charge is 0.478 e. The zero-order chi connectivity index (χ0) is 15.9. The molecular weight excluding hydrogens is 351 g/mol. The van der Waals surface area contributed by atoms with Gasteiger partial charge in [0.25, 0.3) is 0 Å². The van der Waals surface area contributed by atoms with E-state index in [2.05, 4.69) is 20.9 Å². The molecule has 0 atom stereocenters. The van der Waals surface area contributed by atoms with Crippen LogP contribution in [0.25, 0.3) is 16.6 Å². The number of carboxylic acid groups (broad SMARTS) is 1. The highest BCUT2D eigenvalue weighted by molar-refractivity contribution is 9.10. The van der Waals surface area contributed by atoms with Gasteiger partial charge in [0.1, 0.15) is 5.82 Å². The van der Waals surface area contributed by atoms with E-state index < -0.39 is 11.8 Å². The summed E-state index contributed by atoms with van der Waals surface area (Å²) in [7, 11) is 0. The summed E-state index contributed by atoms with van der Waals surface area (Å²) in [6.45, 7) is 2.03. The predicted octanol–water partition coefficient (Wildman–Crippen LogP) is 4.19. The van der Waals surface area contributed by atoms with Crippen LogP contribution in [0.3, 0.4) is 0 Å². The van der Waals surface area contributed by atoms with Crippen molar-refractivity contribution < 1.29 is 14.3 Å². The Hall–Kier alpha value is -2.21. The smallest absolute Gasteiger partial charge is 0.337 e. The molecule has 0 radical (unpaired) electrons. The van der Waals surface area contributed by atoms with Crippen molar-refractivity contribution in [3.8, 4) is 5.69 Å². The third-order valence-electron chi connectivity index (χ3n) is 3.57. The van der Waals surface area contributed by atoms with Crippen LogP contribution in [0, 0.1) is 5.82 Å². The zero-order valence-electron chi connectivity index (χ0n) is 11.7. The molecule has 22 heavy (non-hydrogen) atoms. The second-order valence-electron chi connectivity index (χ2n) is 4.86. The topological polar surface area (TPSA) is 55.1 Å². The van der Waals surface area contributed by atoms with Gasteiger partial charge in [0.05, 0.1) is 23.0 Å². The van der Waals surface area contributed by atoms with Crippen LogP contribution in [-0.2, 0) is 6.42 Å². The number of aromatic carboxylic acids is 1. The molecule has 0 unspecified atom stereocenters. The number of aryl methyl sites for hydroxylation is 1. The highest BCUT2D eigenvalue weighted by Crippen LogP contribution is 2.32. The molecule has 3 rings (SSSR count). The number of rotatable bonds is 3. The monoisotopic (exact) mass is 362 g/mol. The lowest BCUT2D eigenvalue weighted by Crippen LogP contribution is -2.05. The summed E-state index contributed by atoms with van der Waals surface area (Å²) in [5.41, 5.74) is 2.15. The van der Waals surface area contributed by atoms with E-state index in [1.165, 1.54) is 12.1 Å². The highest BCUT2D eigenvalue weighted by atomic mass is 79.9. The number of aromatic nitrogens is 2. The van der Waals surface area contributed by atoms with Crippen LogP contribution >= 0.6 is 15.9 Å². The first-order valence-electron chi connectivity index (χ1n) is 6.69. The van der Waals surface area contributed by atoms with Crippen molar-refractivity contribution in [3.05, 3.63) is 58.2 Å². The maximum atomic E-state index is 13.4. The summed E-state index contributed by atoms with van der Waals surface area (Å²) in [5.74, 6) is -1.75. The molecule has 0 saturated carbocycles. The Bertz CT molecular complexity index is 889.